The van der Waals surface area contributed by atoms with Crippen LogP contribution in [-0.2, 0) is 20.8 Å². The van der Waals surface area contributed by atoms with Gasteiger partial charge in [0.2, 0.25) is 5.91 Å². The topological polar surface area (TPSA) is 54.5 Å². The summed E-state index contributed by atoms with van der Waals surface area (Å²) < 4.78 is 0. The van der Waals surface area contributed by atoms with E-state index < -0.39 is 0 Å². The van der Waals surface area contributed by atoms with Gasteiger partial charge in [-0.15, -0.1) is 0 Å². The van der Waals surface area contributed by atoms with Gasteiger partial charge < -0.3 is 9.69 Å². The molecule has 0 aliphatic heterocycles. The fourth-order valence-electron chi connectivity index (χ4n) is 2.44. The second-order valence-electron chi connectivity index (χ2n) is 5.90. The van der Waals surface area contributed by atoms with E-state index in [0.717, 1.165) is 12.0 Å². The first kappa shape index (κ1) is 19.1. The van der Waals surface area contributed by atoms with Crippen LogP contribution in [0.3, 0.4) is 0 Å². The first-order valence-corrected chi connectivity index (χ1v) is 8.35. The SMILES string of the molecule is CCCC(=O)CN(CCCC(C)=O)C(=O)CCc1ccccc1. The lowest BCUT2D eigenvalue weighted by Crippen LogP contribution is -2.36. The number of nitrogens with zero attached hydrogens (tertiary/aromatic N) is 1. The molecule has 4 heteroatoms. The first-order valence-electron chi connectivity index (χ1n) is 8.35. The predicted molar refractivity (Wildman–Crippen MR) is 91.2 cm³/mol. The molecule has 0 fully saturated rings. The number of carbonyl (C=O) groups excluding carboxylic acids is 3. The first-order chi connectivity index (χ1) is 11.0. The van der Waals surface area contributed by atoms with Crippen molar-refractivity contribution in [1.29, 1.82) is 0 Å². The van der Waals surface area contributed by atoms with Crippen molar-refractivity contribution in [1.82, 2.24) is 4.90 Å². The van der Waals surface area contributed by atoms with Crippen molar-refractivity contribution in [3.05, 3.63) is 35.9 Å². The van der Waals surface area contributed by atoms with E-state index in [0.29, 0.717) is 38.6 Å². The van der Waals surface area contributed by atoms with Crippen LogP contribution in [0.5, 0.6) is 0 Å². The van der Waals surface area contributed by atoms with Crippen LogP contribution < -0.4 is 0 Å². The lowest BCUT2D eigenvalue weighted by molar-refractivity contribution is -0.135. The molecule has 1 amide bonds. The summed E-state index contributed by atoms with van der Waals surface area (Å²) in [6.45, 7) is 4.14. The van der Waals surface area contributed by atoms with E-state index in [1.807, 2.05) is 37.3 Å². The number of Topliss-reactive ketones (excluding diaryl/α,β-unsaturated/α-hetero) is 2. The number of hydrogen-bond acceptors (Lipinski definition) is 3. The van der Waals surface area contributed by atoms with Gasteiger partial charge in [0.1, 0.15) is 5.78 Å². The second-order valence-corrected chi connectivity index (χ2v) is 5.90. The van der Waals surface area contributed by atoms with E-state index in [-0.39, 0.29) is 24.0 Å². The molecule has 0 bridgehead atoms. The molecule has 0 unspecified atom stereocenters. The number of carbonyl (C=O) groups is 3. The fourth-order valence-corrected chi connectivity index (χ4v) is 2.44. The Labute approximate surface area is 138 Å². The highest BCUT2D eigenvalue weighted by Gasteiger charge is 2.16. The number of aryl methyl sites for hydroxylation is 1. The Balaban J connectivity index is 2.55. The average Bonchev–Trinajstić information content (AvgIpc) is 2.52. The molecule has 0 saturated heterocycles. The zero-order valence-corrected chi connectivity index (χ0v) is 14.2. The molecular weight excluding hydrogens is 290 g/mol. The molecule has 1 aromatic carbocycles. The molecule has 0 radical (unpaired) electrons. The minimum absolute atomic E-state index is 0.0122. The molecule has 1 aromatic rings. The van der Waals surface area contributed by atoms with Crippen LogP contribution >= 0.6 is 0 Å². The quantitative estimate of drug-likeness (QED) is 0.630. The van der Waals surface area contributed by atoms with Gasteiger partial charge in [-0.05, 0) is 31.7 Å². The van der Waals surface area contributed by atoms with Crippen LogP contribution in [-0.4, -0.2) is 35.5 Å². The van der Waals surface area contributed by atoms with Crippen LogP contribution in [0.25, 0.3) is 0 Å². The molecule has 0 aromatic heterocycles. The van der Waals surface area contributed by atoms with Gasteiger partial charge in [-0.25, -0.2) is 0 Å². The highest BCUT2D eigenvalue weighted by Crippen LogP contribution is 2.07. The summed E-state index contributed by atoms with van der Waals surface area (Å²) in [7, 11) is 0. The van der Waals surface area contributed by atoms with Gasteiger partial charge in [0.25, 0.3) is 0 Å². The van der Waals surface area contributed by atoms with Gasteiger partial charge in [-0.3, -0.25) is 9.59 Å². The van der Waals surface area contributed by atoms with Crippen molar-refractivity contribution in [3.8, 4) is 0 Å². The number of hydrogen-bond donors (Lipinski definition) is 0. The average molecular weight is 317 g/mol. The van der Waals surface area contributed by atoms with Crippen molar-refractivity contribution >= 4 is 17.5 Å². The fraction of sp³-hybridized carbons (Fsp3) is 0.526. The molecule has 0 spiro atoms. The minimum Gasteiger partial charge on any atom is -0.335 e. The Hall–Kier alpha value is -1.97. The van der Waals surface area contributed by atoms with E-state index in [2.05, 4.69) is 0 Å². The van der Waals surface area contributed by atoms with Crippen LogP contribution in [0.15, 0.2) is 30.3 Å². The lowest BCUT2D eigenvalue weighted by Gasteiger charge is -2.22. The van der Waals surface area contributed by atoms with Gasteiger partial charge in [-0.2, -0.15) is 0 Å². The smallest absolute Gasteiger partial charge is 0.223 e. The number of amides is 1. The van der Waals surface area contributed by atoms with Gasteiger partial charge in [0.15, 0.2) is 5.78 Å². The van der Waals surface area contributed by atoms with Crippen molar-refractivity contribution in [2.75, 3.05) is 13.1 Å². The molecule has 4 nitrogen and oxygen atoms in total. The van der Waals surface area contributed by atoms with Crippen molar-refractivity contribution in [2.45, 2.75) is 52.4 Å². The van der Waals surface area contributed by atoms with Crippen LogP contribution in [0.4, 0.5) is 0 Å². The number of ketones is 2. The van der Waals surface area contributed by atoms with Gasteiger partial charge in [0.05, 0.1) is 6.54 Å². The molecule has 0 atom stereocenters. The number of rotatable bonds is 11. The van der Waals surface area contributed by atoms with Crippen molar-refractivity contribution in [2.24, 2.45) is 0 Å². The summed E-state index contributed by atoms with van der Waals surface area (Å²) in [5.74, 6) is 0.187. The summed E-state index contributed by atoms with van der Waals surface area (Å²) >= 11 is 0. The summed E-state index contributed by atoms with van der Waals surface area (Å²) in [5, 5.41) is 0. The summed E-state index contributed by atoms with van der Waals surface area (Å²) in [5.41, 5.74) is 1.12. The van der Waals surface area contributed by atoms with Crippen LogP contribution in [0.1, 0.15) is 51.5 Å². The molecule has 0 saturated carbocycles. The maximum atomic E-state index is 12.4. The molecule has 0 heterocycles. The van der Waals surface area contributed by atoms with Crippen molar-refractivity contribution < 1.29 is 14.4 Å². The van der Waals surface area contributed by atoms with Crippen LogP contribution in [0.2, 0.25) is 0 Å². The van der Waals surface area contributed by atoms with E-state index >= 15 is 0 Å². The molecule has 0 N–H and O–H groups in total. The highest BCUT2D eigenvalue weighted by atomic mass is 16.2. The largest absolute Gasteiger partial charge is 0.335 e. The Morgan fingerprint density at radius 3 is 2.30 bits per heavy atom. The maximum absolute atomic E-state index is 12.4. The van der Waals surface area contributed by atoms with E-state index in [1.165, 1.54) is 0 Å². The van der Waals surface area contributed by atoms with Gasteiger partial charge in [-0.1, -0.05) is 37.3 Å². The summed E-state index contributed by atoms with van der Waals surface area (Å²) in [4.78, 5) is 37.0. The van der Waals surface area contributed by atoms with E-state index in [9.17, 15) is 14.4 Å². The Morgan fingerprint density at radius 2 is 1.70 bits per heavy atom. The van der Waals surface area contributed by atoms with Gasteiger partial charge >= 0.3 is 0 Å². The lowest BCUT2D eigenvalue weighted by atomic mass is 10.1. The molecule has 0 aliphatic rings. The van der Waals surface area contributed by atoms with Crippen molar-refractivity contribution in [3.63, 3.8) is 0 Å². The van der Waals surface area contributed by atoms with E-state index in [1.54, 1.807) is 11.8 Å². The second kappa shape index (κ2) is 10.7. The zero-order valence-electron chi connectivity index (χ0n) is 14.2. The molecule has 1 rings (SSSR count). The minimum atomic E-state index is -0.0122. The summed E-state index contributed by atoms with van der Waals surface area (Å²) in [6, 6.07) is 9.85. The Bertz CT molecular complexity index is 511. The molecule has 23 heavy (non-hydrogen) atoms. The zero-order chi connectivity index (χ0) is 17.1. The third kappa shape index (κ3) is 8.29. The van der Waals surface area contributed by atoms with Gasteiger partial charge in [0, 0.05) is 25.8 Å². The Kier molecular flexibility index (Phi) is 8.88. The van der Waals surface area contributed by atoms with Crippen LogP contribution in [0, 0.1) is 0 Å². The molecular formula is C19H27NO3. The Morgan fingerprint density at radius 1 is 1.00 bits per heavy atom. The number of benzene rings is 1. The predicted octanol–water partition coefficient (Wildman–Crippen LogP) is 3.19. The normalized spacial score (nSPS) is 10.3. The monoisotopic (exact) mass is 317 g/mol. The summed E-state index contributed by atoms with van der Waals surface area (Å²) in [6.07, 6.45) is 3.41. The molecule has 0 aliphatic carbocycles. The van der Waals surface area contributed by atoms with E-state index in [4.69, 9.17) is 0 Å². The molecule has 126 valence electrons. The standard InChI is InChI=1S/C19H27NO3/c1-3-8-18(22)15-20(14-7-9-16(2)21)19(23)13-12-17-10-5-4-6-11-17/h4-6,10-11H,3,7-9,12-15H2,1-2H3. The third-order valence-electron chi connectivity index (χ3n) is 3.68. The maximum Gasteiger partial charge on any atom is 0.223 e. The third-order valence-corrected chi connectivity index (χ3v) is 3.68. The highest BCUT2D eigenvalue weighted by molar-refractivity contribution is 5.86.